The van der Waals surface area contributed by atoms with Crippen molar-refractivity contribution in [1.82, 2.24) is 0 Å². The molecule has 58 heavy (non-hydrogen) atoms. The van der Waals surface area contributed by atoms with Crippen LogP contribution in [0.1, 0.15) is 142 Å². The Balaban J connectivity index is 2.32. The van der Waals surface area contributed by atoms with Gasteiger partial charge in [0, 0.05) is 12.8 Å². The number of hydrogen-bond donors (Lipinski definition) is 3. The quantitative estimate of drug-likeness (QED) is 0.0178. The smallest absolute Gasteiger partial charge is 0.462 e. The molecule has 1 saturated heterocycles. The van der Waals surface area contributed by atoms with Gasteiger partial charge in [-0.3, -0.25) is 18.6 Å². The molecular formula is C46H75O11P. The normalized spacial score (nSPS) is 18.2. The van der Waals surface area contributed by atoms with Crippen molar-refractivity contribution < 1.29 is 52.5 Å². The van der Waals surface area contributed by atoms with Crippen molar-refractivity contribution in [3.05, 3.63) is 85.1 Å². The van der Waals surface area contributed by atoms with Gasteiger partial charge in [0.05, 0.1) is 32.0 Å². The van der Waals surface area contributed by atoms with E-state index in [9.17, 15) is 24.2 Å². The van der Waals surface area contributed by atoms with Crippen molar-refractivity contribution >= 4 is 19.8 Å². The number of ether oxygens (including phenoxy) is 3. The highest BCUT2D eigenvalue weighted by atomic mass is 31.2. The van der Waals surface area contributed by atoms with Gasteiger partial charge in [0.1, 0.15) is 12.7 Å². The molecule has 1 rings (SSSR count). The minimum absolute atomic E-state index is 0.0922. The number of epoxide rings is 1. The first kappa shape index (κ1) is 53.1. The van der Waals surface area contributed by atoms with Gasteiger partial charge in [-0.2, -0.15) is 0 Å². The van der Waals surface area contributed by atoms with E-state index in [2.05, 4.69) is 91.3 Å². The molecule has 1 aliphatic heterocycles. The lowest BCUT2D eigenvalue weighted by atomic mass is 10.1. The Morgan fingerprint density at radius 2 is 1.12 bits per heavy atom. The summed E-state index contributed by atoms with van der Waals surface area (Å²) >= 11 is 0. The molecule has 0 aromatic carbocycles. The van der Waals surface area contributed by atoms with Gasteiger partial charge in [-0.05, 0) is 89.9 Å². The van der Waals surface area contributed by atoms with Gasteiger partial charge in [0.25, 0.3) is 0 Å². The molecule has 0 aromatic rings. The molecule has 12 heteroatoms. The van der Waals surface area contributed by atoms with E-state index in [1.54, 1.807) is 0 Å². The number of aliphatic hydroxyl groups excluding tert-OH is 2. The maximum atomic E-state index is 12.6. The summed E-state index contributed by atoms with van der Waals surface area (Å²) in [5, 5.41) is 18.3. The predicted octanol–water partition coefficient (Wildman–Crippen LogP) is 10.4. The summed E-state index contributed by atoms with van der Waals surface area (Å²) in [5.74, 6) is -1.03. The first-order valence-corrected chi connectivity index (χ1v) is 23.2. The summed E-state index contributed by atoms with van der Waals surface area (Å²) < 4.78 is 38.4. The Kier molecular flexibility index (Phi) is 34.0. The van der Waals surface area contributed by atoms with Crippen LogP contribution in [-0.2, 0) is 37.4 Å². The van der Waals surface area contributed by atoms with Crippen LogP contribution in [0.4, 0.5) is 0 Å². The average Bonchev–Trinajstić information content (AvgIpc) is 3.97. The second-order valence-corrected chi connectivity index (χ2v) is 15.8. The van der Waals surface area contributed by atoms with Crippen LogP contribution >= 0.6 is 7.82 Å². The molecule has 0 aromatic heterocycles. The minimum Gasteiger partial charge on any atom is -0.462 e. The molecule has 1 heterocycles. The lowest BCUT2D eigenvalue weighted by Crippen LogP contribution is -2.29. The van der Waals surface area contributed by atoms with Crippen LogP contribution in [-0.4, -0.2) is 77.9 Å². The van der Waals surface area contributed by atoms with Crippen LogP contribution in [0.15, 0.2) is 85.1 Å². The molecule has 3 N–H and O–H groups in total. The van der Waals surface area contributed by atoms with Crippen LogP contribution in [0, 0.1) is 0 Å². The molecule has 0 spiro atoms. The fourth-order valence-electron chi connectivity index (χ4n) is 5.49. The highest BCUT2D eigenvalue weighted by Crippen LogP contribution is 2.43. The maximum Gasteiger partial charge on any atom is 0.472 e. The molecule has 1 aliphatic rings. The number of allylic oxidation sites excluding steroid dienone is 12. The number of phosphoric ester groups is 1. The van der Waals surface area contributed by atoms with Crippen LogP contribution in [0.25, 0.3) is 0 Å². The third-order valence-electron chi connectivity index (χ3n) is 8.94. The lowest BCUT2D eigenvalue weighted by Gasteiger charge is -2.20. The Labute approximate surface area is 349 Å². The molecule has 0 aliphatic carbocycles. The summed E-state index contributed by atoms with van der Waals surface area (Å²) in [6.45, 7) is 2.11. The summed E-state index contributed by atoms with van der Waals surface area (Å²) in [5.41, 5.74) is 0. The average molecular weight is 835 g/mol. The highest BCUT2D eigenvalue weighted by molar-refractivity contribution is 7.47. The zero-order valence-electron chi connectivity index (χ0n) is 35.4. The van der Waals surface area contributed by atoms with Gasteiger partial charge >= 0.3 is 19.8 Å². The molecule has 0 radical (unpaired) electrons. The van der Waals surface area contributed by atoms with E-state index in [-0.39, 0.29) is 19.4 Å². The SMILES string of the molecule is CC/C=C\C/C=C\C/C=C\C/C=C\CCCCCCC(=O)OC[C@H](COP(=O)(O)OC[C@@H](O)CO)OC(=O)CCC/C=C\C/C=C\CC1OC1C/C=C\CCCCC. The van der Waals surface area contributed by atoms with Gasteiger partial charge in [0.2, 0.25) is 0 Å². The first-order valence-electron chi connectivity index (χ1n) is 21.7. The van der Waals surface area contributed by atoms with E-state index in [1.807, 2.05) is 12.2 Å². The molecular weight excluding hydrogens is 759 g/mol. The second-order valence-electron chi connectivity index (χ2n) is 14.4. The van der Waals surface area contributed by atoms with E-state index in [0.29, 0.717) is 31.5 Å². The highest BCUT2D eigenvalue weighted by Gasteiger charge is 2.36. The Morgan fingerprint density at radius 1 is 0.621 bits per heavy atom. The summed E-state index contributed by atoms with van der Waals surface area (Å²) in [6.07, 6.45) is 45.8. The molecule has 0 amide bonds. The van der Waals surface area contributed by atoms with Gasteiger partial charge in [-0.15, -0.1) is 0 Å². The molecule has 0 saturated carbocycles. The second kappa shape index (κ2) is 37.1. The summed E-state index contributed by atoms with van der Waals surface area (Å²) in [6, 6.07) is 0. The number of hydrogen-bond acceptors (Lipinski definition) is 10. The Bertz CT molecular complexity index is 1300. The number of carbonyl (C=O) groups excluding carboxylic acids is 2. The van der Waals surface area contributed by atoms with Gasteiger partial charge in [-0.25, -0.2) is 4.57 Å². The Morgan fingerprint density at radius 3 is 1.74 bits per heavy atom. The largest absolute Gasteiger partial charge is 0.472 e. The number of aliphatic hydroxyl groups is 2. The van der Waals surface area contributed by atoms with E-state index in [1.165, 1.54) is 19.3 Å². The molecule has 5 atom stereocenters. The molecule has 11 nitrogen and oxygen atoms in total. The fourth-order valence-corrected chi connectivity index (χ4v) is 6.28. The zero-order valence-corrected chi connectivity index (χ0v) is 36.3. The molecule has 330 valence electrons. The van der Waals surface area contributed by atoms with Crippen LogP contribution in [0.2, 0.25) is 0 Å². The van der Waals surface area contributed by atoms with E-state index >= 15 is 0 Å². The fraction of sp³-hybridized carbons (Fsp3) is 0.652. The van der Waals surface area contributed by atoms with Crippen LogP contribution in [0.5, 0.6) is 0 Å². The summed E-state index contributed by atoms with van der Waals surface area (Å²) in [4.78, 5) is 35.0. The number of rotatable bonds is 38. The third kappa shape index (κ3) is 34.0. The standard InChI is InChI=1S/C46H75O11P/c1-3-5-7-9-11-12-13-14-15-16-17-18-19-20-23-27-31-35-45(49)53-39-42(40-55-58(51,52)54-38-41(48)37-47)56-46(50)36-32-28-24-21-22-26-30-34-44-43(57-44)33-29-25-10-8-6-4-2/h5,7,11-12,14-15,17-18,21,24-26,29-30,41-44,47-48H,3-4,6,8-10,13,16,19-20,22-23,27-28,31-40H2,1-2H3,(H,51,52)/b7-5-,12-11-,15-14-,18-17-,24-21-,29-25-,30-26-/t41-,42+,43?,44?/m0/s1. The van der Waals surface area contributed by atoms with Crippen molar-refractivity contribution in [3.63, 3.8) is 0 Å². The van der Waals surface area contributed by atoms with Gasteiger partial charge in [0.15, 0.2) is 6.10 Å². The Hall–Kier alpha value is -2.89. The molecule has 0 bridgehead atoms. The van der Waals surface area contributed by atoms with E-state index in [0.717, 1.165) is 77.0 Å². The predicted molar refractivity (Wildman–Crippen MR) is 232 cm³/mol. The van der Waals surface area contributed by atoms with Gasteiger partial charge < -0.3 is 29.3 Å². The monoisotopic (exact) mass is 835 g/mol. The van der Waals surface area contributed by atoms with Crippen molar-refractivity contribution in [2.45, 2.75) is 167 Å². The first-order chi connectivity index (χ1) is 28.2. The topological polar surface area (TPSA) is 161 Å². The number of carbonyl (C=O) groups is 2. The van der Waals surface area contributed by atoms with Crippen molar-refractivity contribution in [2.24, 2.45) is 0 Å². The molecule has 3 unspecified atom stereocenters. The summed E-state index contributed by atoms with van der Waals surface area (Å²) in [7, 11) is -4.65. The zero-order chi connectivity index (χ0) is 42.4. The maximum absolute atomic E-state index is 12.6. The van der Waals surface area contributed by atoms with Crippen LogP contribution < -0.4 is 0 Å². The van der Waals surface area contributed by atoms with Crippen molar-refractivity contribution in [1.29, 1.82) is 0 Å². The van der Waals surface area contributed by atoms with Crippen molar-refractivity contribution in [2.75, 3.05) is 26.4 Å². The number of phosphoric acid groups is 1. The van der Waals surface area contributed by atoms with Crippen molar-refractivity contribution in [3.8, 4) is 0 Å². The number of esters is 2. The minimum atomic E-state index is -4.65. The van der Waals surface area contributed by atoms with E-state index < -0.39 is 51.8 Å². The van der Waals surface area contributed by atoms with E-state index in [4.69, 9.17) is 23.8 Å². The van der Waals surface area contributed by atoms with Crippen LogP contribution in [0.3, 0.4) is 0 Å². The third-order valence-corrected chi connectivity index (χ3v) is 9.89. The lowest BCUT2D eigenvalue weighted by molar-refractivity contribution is -0.161. The molecule has 1 fully saturated rings. The number of unbranched alkanes of at least 4 members (excludes halogenated alkanes) is 8. The van der Waals surface area contributed by atoms with Gasteiger partial charge in [-0.1, -0.05) is 125 Å².